The number of anilines is 2. The fourth-order valence-corrected chi connectivity index (χ4v) is 2.97. The molecule has 1 aromatic heterocycles. The minimum Gasteiger partial charge on any atom is -0.455 e. The molecule has 4 N–H and O–H groups in total. The molecule has 0 fully saturated rings. The van der Waals surface area contributed by atoms with E-state index in [-0.39, 0.29) is 11.6 Å². The monoisotopic (exact) mass is 466 g/mol. The predicted molar refractivity (Wildman–Crippen MR) is 115 cm³/mol. The summed E-state index contributed by atoms with van der Waals surface area (Å²) in [5.74, 6) is 0.635. The molecular formula is C21H18ClF3N4O3. The van der Waals surface area contributed by atoms with Gasteiger partial charge >= 0.3 is 12.2 Å². The third-order valence-corrected chi connectivity index (χ3v) is 4.64. The number of carbonyl (C=O) groups excluding carboxylic acids is 2. The van der Waals surface area contributed by atoms with Gasteiger partial charge in [0.2, 0.25) is 0 Å². The number of aromatic amines is 1. The number of nitrogens with one attached hydrogen (secondary N) is 4. The van der Waals surface area contributed by atoms with Crippen molar-refractivity contribution in [1.82, 2.24) is 10.3 Å². The van der Waals surface area contributed by atoms with E-state index < -0.39 is 22.8 Å². The number of aromatic nitrogens is 1. The number of alkyl halides is 3. The maximum Gasteiger partial charge on any atom is 0.417 e. The minimum absolute atomic E-state index is 0.0611. The summed E-state index contributed by atoms with van der Waals surface area (Å²) < 4.78 is 44.6. The van der Waals surface area contributed by atoms with E-state index in [1.165, 1.54) is 13.1 Å². The summed E-state index contributed by atoms with van der Waals surface area (Å²) >= 11 is 5.57. The second-order valence-corrected chi connectivity index (χ2v) is 7.06. The van der Waals surface area contributed by atoms with Gasteiger partial charge in [0.1, 0.15) is 17.2 Å². The lowest BCUT2D eigenvalue weighted by molar-refractivity contribution is -0.137. The molecule has 7 nitrogen and oxygen atoms in total. The van der Waals surface area contributed by atoms with E-state index in [4.69, 9.17) is 16.3 Å². The molecule has 1 heterocycles. The Balaban J connectivity index is 1.63. The highest BCUT2D eigenvalue weighted by molar-refractivity contribution is 6.31. The van der Waals surface area contributed by atoms with Crippen molar-refractivity contribution in [2.45, 2.75) is 13.1 Å². The molecule has 0 aliphatic heterocycles. The molecule has 3 rings (SSSR count). The Kier molecular flexibility index (Phi) is 6.64. The van der Waals surface area contributed by atoms with Crippen LogP contribution in [0.2, 0.25) is 5.02 Å². The molecule has 0 radical (unpaired) electrons. The maximum absolute atomic E-state index is 12.9. The number of urea groups is 1. The van der Waals surface area contributed by atoms with Gasteiger partial charge in [0.25, 0.3) is 5.91 Å². The molecule has 0 unspecified atom stereocenters. The highest BCUT2D eigenvalue weighted by atomic mass is 35.5. The van der Waals surface area contributed by atoms with Crippen LogP contribution in [0.5, 0.6) is 11.5 Å². The van der Waals surface area contributed by atoms with Gasteiger partial charge in [-0.2, -0.15) is 13.2 Å². The molecule has 0 aliphatic rings. The van der Waals surface area contributed by atoms with Crippen LogP contribution in [-0.4, -0.2) is 24.0 Å². The molecule has 3 aromatic rings. The number of amides is 3. The summed E-state index contributed by atoms with van der Waals surface area (Å²) in [6, 6.07) is 10.2. The van der Waals surface area contributed by atoms with Crippen LogP contribution < -0.4 is 20.7 Å². The second-order valence-electron chi connectivity index (χ2n) is 6.65. The first-order chi connectivity index (χ1) is 15.1. The fourth-order valence-electron chi connectivity index (χ4n) is 2.75. The largest absolute Gasteiger partial charge is 0.455 e. The summed E-state index contributed by atoms with van der Waals surface area (Å²) in [7, 11) is 1.52. The van der Waals surface area contributed by atoms with Crippen molar-refractivity contribution in [3.8, 4) is 11.5 Å². The Morgan fingerprint density at radius 1 is 1.00 bits per heavy atom. The predicted octanol–water partition coefficient (Wildman–Crippen LogP) is 5.79. The first kappa shape index (κ1) is 23.0. The molecule has 0 atom stereocenters. The van der Waals surface area contributed by atoms with Crippen LogP contribution in [-0.2, 0) is 6.18 Å². The normalized spacial score (nSPS) is 11.1. The zero-order valence-electron chi connectivity index (χ0n) is 16.9. The summed E-state index contributed by atoms with van der Waals surface area (Å²) in [4.78, 5) is 26.7. The number of carbonyl (C=O) groups is 2. The van der Waals surface area contributed by atoms with E-state index in [0.29, 0.717) is 28.6 Å². The molecule has 0 saturated heterocycles. The van der Waals surface area contributed by atoms with Crippen LogP contribution in [0, 0.1) is 6.92 Å². The minimum atomic E-state index is -4.64. The molecule has 0 aliphatic carbocycles. The Morgan fingerprint density at radius 2 is 1.62 bits per heavy atom. The summed E-state index contributed by atoms with van der Waals surface area (Å²) in [6.07, 6.45) is -4.64. The number of H-pyrrole nitrogens is 1. The lowest BCUT2D eigenvalue weighted by atomic mass is 10.2. The van der Waals surface area contributed by atoms with Crippen LogP contribution in [0.25, 0.3) is 0 Å². The zero-order valence-corrected chi connectivity index (χ0v) is 17.6. The average Bonchev–Trinajstić information content (AvgIpc) is 3.09. The van der Waals surface area contributed by atoms with Gasteiger partial charge in [-0.1, -0.05) is 11.6 Å². The number of hydrogen-bond acceptors (Lipinski definition) is 3. The van der Waals surface area contributed by atoms with Crippen molar-refractivity contribution in [3.05, 3.63) is 70.5 Å². The van der Waals surface area contributed by atoms with E-state index in [0.717, 1.165) is 12.1 Å². The Hall–Kier alpha value is -3.66. The van der Waals surface area contributed by atoms with E-state index in [2.05, 4.69) is 20.9 Å². The third-order valence-electron chi connectivity index (χ3n) is 4.31. The van der Waals surface area contributed by atoms with E-state index in [1.54, 1.807) is 37.3 Å². The number of halogens is 4. The van der Waals surface area contributed by atoms with Crippen molar-refractivity contribution in [3.63, 3.8) is 0 Å². The molecule has 0 saturated carbocycles. The van der Waals surface area contributed by atoms with Gasteiger partial charge in [-0.15, -0.1) is 0 Å². The van der Waals surface area contributed by atoms with Crippen molar-refractivity contribution in [2.24, 2.45) is 0 Å². The number of aryl methyl sites for hydroxylation is 1. The van der Waals surface area contributed by atoms with Gasteiger partial charge in [0.15, 0.2) is 0 Å². The number of ether oxygens (including phenoxy) is 1. The topological polar surface area (TPSA) is 95.2 Å². The van der Waals surface area contributed by atoms with Crippen LogP contribution in [0.4, 0.5) is 29.3 Å². The summed E-state index contributed by atoms with van der Waals surface area (Å²) in [5, 5.41) is 6.89. The molecule has 2 aromatic carbocycles. The van der Waals surface area contributed by atoms with Gasteiger partial charge in [-0.25, -0.2) is 4.79 Å². The molecule has 0 spiro atoms. The quantitative estimate of drug-likeness (QED) is 0.383. The Labute approximate surface area is 185 Å². The van der Waals surface area contributed by atoms with Crippen LogP contribution >= 0.6 is 11.6 Å². The highest BCUT2D eigenvalue weighted by Crippen LogP contribution is 2.36. The van der Waals surface area contributed by atoms with E-state index in [9.17, 15) is 22.8 Å². The molecule has 3 amide bonds. The molecule has 11 heteroatoms. The lowest BCUT2D eigenvalue weighted by Crippen LogP contribution is -2.19. The Morgan fingerprint density at radius 3 is 2.25 bits per heavy atom. The van der Waals surface area contributed by atoms with E-state index in [1.807, 2.05) is 0 Å². The van der Waals surface area contributed by atoms with Gasteiger partial charge in [-0.05, 0) is 49.4 Å². The van der Waals surface area contributed by atoms with E-state index >= 15 is 0 Å². The van der Waals surface area contributed by atoms with Crippen molar-refractivity contribution < 1.29 is 27.5 Å². The third kappa shape index (κ3) is 5.52. The SMILES string of the molecule is CNC(=O)c1cc(Oc2ccc(NC(=O)Nc3ccc(Cl)c(C(F)(F)F)c3)cc2)c(C)[nH]1. The van der Waals surface area contributed by atoms with Crippen molar-refractivity contribution in [1.29, 1.82) is 0 Å². The number of hydrogen-bond donors (Lipinski definition) is 4. The Bertz CT molecular complexity index is 1140. The summed E-state index contributed by atoms with van der Waals surface area (Å²) in [5.41, 5.74) is 0.293. The average molecular weight is 467 g/mol. The molecular weight excluding hydrogens is 449 g/mol. The molecule has 168 valence electrons. The molecule has 0 bridgehead atoms. The fraction of sp³-hybridized carbons (Fsp3) is 0.143. The lowest BCUT2D eigenvalue weighted by Gasteiger charge is -2.12. The van der Waals surface area contributed by atoms with Gasteiger partial charge < -0.3 is 25.7 Å². The van der Waals surface area contributed by atoms with Crippen molar-refractivity contribution in [2.75, 3.05) is 17.7 Å². The van der Waals surface area contributed by atoms with Gasteiger partial charge in [-0.3, -0.25) is 4.79 Å². The summed E-state index contributed by atoms with van der Waals surface area (Å²) in [6.45, 7) is 1.75. The van der Waals surface area contributed by atoms with Crippen LogP contribution in [0.3, 0.4) is 0 Å². The first-order valence-electron chi connectivity index (χ1n) is 9.21. The van der Waals surface area contributed by atoms with Crippen molar-refractivity contribution >= 4 is 34.9 Å². The second kappa shape index (κ2) is 9.23. The van der Waals surface area contributed by atoms with Gasteiger partial charge in [0, 0.05) is 24.5 Å². The maximum atomic E-state index is 12.9. The smallest absolute Gasteiger partial charge is 0.417 e. The van der Waals surface area contributed by atoms with Crippen LogP contribution in [0.15, 0.2) is 48.5 Å². The number of benzene rings is 2. The zero-order chi connectivity index (χ0) is 23.5. The van der Waals surface area contributed by atoms with Gasteiger partial charge in [0.05, 0.1) is 16.3 Å². The van der Waals surface area contributed by atoms with Crippen LogP contribution in [0.1, 0.15) is 21.7 Å². The number of rotatable bonds is 5. The standard InChI is InChI=1S/C21H18ClF3N4O3/c1-11-18(10-17(27-11)19(30)26-2)32-14-6-3-12(4-7-14)28-20(31)29-13-5-8-16(22)15(9-13)21(23,24)25/h3-10,27H,1-2H3,(H,26,30)(H2,28,29,31). The highest BCUT2D eigenvalue weighted by Gasteiger charge is 2.33. The molecule has 32 heavy (non-hydrogen) atoms. The first-order valence-corrected chi connectivity index (χ1v) is 9.59.